The molecule has 0 amide bonds. The molecule has 3 atom stereocenters. The van der Waals surface area contributed by atoms with Gasteiger partial charge in [0.25, 0.3) is 0 Å². The van der Waals surface area contributed by atoms with Gasteiger partial charge in [-0.05, 0) is 24.2 Å². The quantitative estimate of drug-likeness (QED) is 0.497. The summed E-state index contributed by atoms with van der Waals surface area (Å²) < 4.78 is 0. The average Bonchev–Trinajstić information content (AvgIpc) is 2.06. The summed E-state index contributed by atoms with van der Waals surface area (Å²) in [4.78, 5) is 0. The Labute approximate surface area is 70.4 Å². The summed E-state index contributed by atoms with van der Waals surface area (Å²) in [6.45, 7) is 2.47. The Balaban J connectivity index is 1.99. The fraction of sp³-hybridized carbons (Fsp3) is 1.00. The second-order valence-corrected chi connectivity index (χ2v) is 4.62. The SMILES string of the molecule is CC1CCCC2CCCC[C@H]12. The minimum Gasteiger partial charge on any atom is -0.0622 e. The molecule has 0 aliphatic heterocycles. The van der Waals surface area contributed by atoms with Crippen LogP contribution in [0.2, 0.25) is 0 Å². The molecule has 2 rings (SSSR count). The lowest BCUT2D eigenvalue weighted by Crippen LogP contribution is -2.29. The van der Waals surface area contributed by atoms with Crippen LogP contribution < -0.4 is 0 Å². The molecular weight excluding hydrogens is 132 g/mol. The van der Waals surface area contributed by atoms with Gasteiger partial charge in [-0.3, -0.25) is 0 Å². The zero-order chi connectivity index (χ0) is 7.68. The van der Waals surface area contributed by atoms with E-state index in [9.17, 15) is 0 Å². The summed E-state index contributed by atoms with van der Waals surface area (Å²) >= 11 is 0. The predicted molar refractivity (Wildman–Crippen MR) is 48.5 cm³/mol. The summed E-state index contributed by atoms with van der Waals surface area (Å²) in [5.74, 6) is 3.30. The minimum atomic E-state index is 1.05. The van der Waals surface area contributed by atoms with Crippen molar-refractivity contribution in [2.24, 2.45) is 17.8 Å². The molecule has 0 saturated heterocycles. The third-order valence-electron chi connectivity index (χ3n) is 3.93. The van der Waals surface area contributed by atoms with Crippen LogP contribution in [0.1, 0.15) is 51.9 Å². The van der Waals surface area contributed by atoms with Crippen LogP contribution in [0.15, 0.2) is 0 Å². The minimum absolute atomic E-state index is 1.05. The third kappa shape index (κ3) is 1.45. The van der Waals surface area contributed by atoms with Crippen LogP contribution in [0, 0.1) is 17.8 Å². The highest BCUT2D eigenvalue weighted by molar-refractivity contribution is 4.82. The third-order valence-corrected chi connectivity index (χ3v) is 3.93. The Bertz CT molecular complexity index is 126. The summed E-state index contributed by atoms with van der Waals surface area (Å²) in [6, 6.07) is 0. The van der Waals surface area contributed by atoms with Crippen molar-refractivity contribution in [2.75, 3.05) is 0 Å². The highest BCUT2D eigenvalue weighted by Crippen LogP contribution is 2.43. The van der Waals surface area contributed by atoms with Gasteiger partial charge in [-0.2, -0.15) is 0 Å². The van der Waals surface area contributed by atoms with E-state index in [0.29, 0.717) is 0 Å². The Morgan fingerprint density at radius 3 is 2.36 bits per heavy atom. The van der Waals surface area contributed by atoms with Gasteiger partial charge >= 0.3 is 0 Å². The molecule has 2 fully saturated rings. The van der Waals surface area contributed by atoms with E-state index in [1.165, 1.54) is 25.7 Å². The normalized spacial score (nSPS) is 45.0. The van der Waals surface area contributed by atoms with Crippen molar-refractivity contribution in [3.8, 4) is 0 Å². The fourth-order valence-corrected chi connectivity index (χ4v) is 3.26. The Kier molecular flexibility index (Phi) is 2.20. The molecule has 0 radical (unpaired) electrons. The van der Waals surface area contributed by atoms with Crippen molar-refractivity contribution in [3.05, 3.63) is 0 Å². The largest absolute Gasteiger partial charge is 0.0622 e. The first-order chi connectivity index (χ1) is 5.38. The second-order valence-electron chi connectivity index (χ2n) is 4.62. The Morgan fingerprint density at radius 2 is 1.55 bits per heavy atom. The average molecular weight is 152 g/mol. The van der Waals surface area contributed by atoms with Gasteiger partial charge in [-0.1, -0.05) is 45.4 Å². The second kappa shape index (κ2) is 3.16. The number of hydrogen-bond donors (Lipinski definition) is 0. The highest BCUT2D eigenvalue weighted by Gasteiger charge is 2.31. The molecular formula is C11H20. The summed E-state index contributed by atoms with van der Waals surface area (Å²) in [5, 5.41) is 0. The molecule has 0 bridgehead atoms. The van der Waals surface area contributed by atoms with Gasteiger partial charge in [-0.15, -0.1) is 0 Å². The van der Waals surface area contributed by atoms with Crippen molar-refractivity contribution < 1.29 is 0 Å². The molecule has 2 unspecified atom stereocenters. The van der Waals surface area contributed by atoms with Gasteiger partial charge in [-0.25, -0.2) is 0 Å². The van der Waals surface area contributed by atoms with Crippen molar-refractivity contribution >= 4 is 0 Å². The first-order valence-electron chi connectivity index (χ1n) is 5.38. The van der Waals surface area contributed by atoms with Crippen LogP contribution in [-0.4, -0.2) is 0 Å². The van der Waals surface area contributed by atoms with Crippen molar-refractivity contribution in [3.63, 3.8) is 0 Å². The van der Waals surface area contributed by atoms with E-state index in [0.717, 1.165) is 17.8 Å². The van der Waals surface area contributed by atoms with E-state index < -0.39 is 0 Å². The fourth-order valence-electron chi connectivity index (χ4n) is 3.26. The molecule has 64 valence electrons. The van der Waals surface area contributed by atoms with E-state index in [4.69, 9.17) is 0 Å². The maximum absolute atomic E-state index is 2.47. The van der Waals surface area contributed by atoms with Gasteiger partial charge in [0.2, 0.25) is 0 Å². The Hall–Kier alpha value is 0. The molecule has 0 spiro atoms. The molecule has 0 nitrogen and oxygen atoms in total. The molecule has 0 heteroatoms. The van der Waals surface area contributed by atoms with E-state index >= 15 is 0 Å². The van der Waals surface area contributed by atoms with Gasteiger partial charge in [0.15, 0.2) is 0 Å². The van der Waals surface area contributed by atoms with E-state index in [-0.39, 0.29) is 0 Å². The van der Waals surface area contributed by atoms with Crippen LogP contribution in [0.25, 0.3) is 0 Å². The number of fused-ring (bicyclic) bond motifs is 1. The molecule has 0 aromatic heterocycles. The molecule has 0 aromatic carbocycles. The zero-order valence-electron chi connectivity index (χ0n) is 7.68. The lowest BCUT2D eigenvalue weighted by Gasteiger charge is -2.39. The molecule has 2 aliphatic carbocycles. The van der Waals surface area contributed by atoms with Crippen molar-refractivity contribution in [1.82, 2.24) is 0 Å². The zero-order valence-corrected chi connectivity index (χ0v) is 7.68. The monoisotopic (exact) mass is 152 g/mol. The first-order valence-corrected chi connectivity index (χ1v) is 5.38. The van der Waals surface area contributed by atoms with Crippen LogP contribution in [0.3, 0.4) is 0 Å². The molecule has 11 heavy (non-hydrogen) atoms. The van der Waals surface area contributed by atoms with Gasteiger partial charge in [0.1, 0.15) is 0 Å². The standard InChI is InChI=1S/C11H20/c1-9-5-4-7-10-6-2-3-8-11(9)10/h9-11H,2-8H2,1H3/t9?,10?,11-/m1/s1. The maximum atomic E-state index is 2.47. The number of rotatable bonds is 0. The van der Waals surface area contributed by atoms with Crippen LogP contribution in [0.5, 0.6) is 0 Å². The smallest absolute Gasteiger partial charge is 0.0360 e. The van der Waals surface area contributed by atoms with E-state index in [2.05, 4.69) is 6.92 Å². The lowest BCUT2D eigenvalue weighted by molar-refractivity contribution is 0.114. The molecule has 2 aliphatic rings. The number of hydrogen-bond acceptors (Lipinski definition) is 0. The first kappa shape index (κ1) is 7.64. The van der Waals surface area contributed by atoms with Gasteiger partial charge in [0, 0.05) is 0 Å². The summed E-state index contributed by atoms with van der Waals surface area (Å²) in [5.41, 5.74) is 0. The van der Waals surface area contributed by atoms with Gasteiger partial charge in [0.05, 0.1) is 0 Å². The topological polar surface area (TPSA) is 0 Å². The van der Waals surface area contributed by atoms with E-state index in [1.807, 2.05) is 0 Å². The molecule has 0 aromatic rings. The lowest BCUT2D eigenvalue weighted by atomic mass is 9.66. The van der Waals surface area contributed by atoms with Crippen LogP contribution in [0.4, 0.5) is 0 Å². The molecule has 2 saturated carbocycles. The Morgan fingerprint density at radius 1 is 0.818 bits per heavy atom. The predicted octanol–water partition coefficient (Wildman–Crippen LogP) is 3.61. The van der Waals surface area contributed by atoms with Gasteiger partial charge < -0.3 is 0 Å². The molecule has 0 heterocycles. The maximum Gasteiger partial charge on any atom is -0.0360 e. The van der Waals surface area contributed by atoms with Crippen molar-refractivity contribution in [2.45, 2.75) is 51.9 Å². The van der Waals surface area contributed by atoms with Crippen LogP contribution >= 0.6 is 0 Å². The van der Waals surface area contributed by atoms with Crippen LogP contribution in [-0.2, 0) is 0 Å². The molecule has 0 N–H and O–H groups in total. The highest BCUT2D eigenvalue weighted by atomic mass is 14.4. The van der Waals surface area contributed by atoms with E-state index in [1.54, 1.807) is 19.3 Å². The summed E-state index contributed by atoms with van der Waals surface area (Å²) in [7, 11) is 0. The van der Waals surface area contributed by atoms with Crippen molar-refractivity contribution in [1.29, 1.82) is 0 Å². The summed E-state index contributed by atoms with van der Waals surface area (Å²) in [6.07, 6.45) is 10.7.